The van der Waals surface area contributed by atoms with Gasteiger partial charge in [-0.2, -0.15) is 0 Å². The average Bonchev–Trinajstić information content (AvgIpc) is 2.85. The van der Waals surface area contributed by atoms with Crippen LogP contribution in [0.5, 0.6) is 11.1 Å². The van der Waals surface area contributed by atoms with E-state index in [2.05, 4.69) is 46.5 Å². The van der Waals surface area contributed by atoms with E-state index in [1.165, 1.54) is 11.3 Å². The van der Waals surface area contributed by atoms with Gasteiger partial charge >= 0.3 is 5.19 Å². The zero-order chi connectivity index (χ0) is 13.2. The second-order valence-electron chi connectivity index (χ2n) is 5.06. The minimum atomic E-state index is 0.0615. The minimum Gasteiger partial charge on any atom is -0.409 e. The van der Waals surface area contributed by atoms with Gasteiger partial charge in [0.05, 0.1) is 6.54 Å². The van der Waals surface area contributed by atoms with Gasteiger partial charge < -0.3 is 10.1 Å². The van der Waals surface area contributed by atoms with E-state index in [1.54, 1.807) is 0 Å². The number of ether oxygens (including phenoxy) is 1. The molecule has 7 heteroatoms. The Hall–Kier alpha value is -1.47. The van der Waals surface area contributed by atoms with Gasteiger partial charge in [0, 0.05) is 17.3 Å². The van der Waals surface area contributed by atoms with Crippen molar-refractivity contribution in [2.24, 2.45) is 0 Å². The van der Waals surface area contributed by atoms with Gasteiger partial charge in [-0.3, -0.25) is 5.10 Å². The van der Waals surface area contributed by atoms with Crippen LogP contribution in [0.2, 0.25) is 0 Å². The smallest absolute Gasteiger partial charge is 0.300 e. The number of aromatic nitrogens is 4. The largest absolute Gasteiger partial charge is 0.409 e. The Morgan fingerprint density at radius 1 is 1.39 bits per heavy atom. The molecule has 0 saturated heterocycles. The van der Waals surface area contributed by atoms with Crippen LogP contribution in [0.25, 0.3) is 0 Å². The molecule has 0 bridgehead atoms. The molecule has 0 aliphatic heterocycles. The number of hydrogen-bond donors (Lipinski definition) is 2. The molecule has 18 heavy (non-hydrogen) atoms. The summed E-state index contributed by atoms with van der Waals surface area (Å²) in [4.78, 5) is 0. The molecule has 0 aliphatic carbocycles. The molecule has 0 unspecified atom stereocenters. The predicted molar refractivity (Wildman–Crippen MR) is 69.9 cm³/mol. The quantitative estimate of drug-likeness (QED) is 0.888. The summed E-state index contributed by atoms with van der Waals surface area (Å²) < 4.78 is 5.49. The number of aryl methyl sites for hydroxylation is 1. The van der Waals surface area contributed by atoms with Crippen LogP contribution in [-0.2, 0) is 6.54 Å². The normalized spacial score (nSPS) is 11.8. The Morgan fingerprint density at radius 2 is 2.17 bits per heavy atom. The van der Waals surface area contributed by atoms with Crippen LogP contribution in [0, 0.1) is 6.92 Å². The molecule has 0 aromatic carbocycles. The summed E-state index contributed by atoms with van der Waals surface area (Å²) >= 11 is 1.42. The summed E-state index contributed by atoms with van der Waals surface area (Å²) in [5, 5.41) is 19.6. The van der Waals surface area contributed by atoms with E-state index in [0.29, 0.717) is 17.6 Å². The van der Waals surface area contributed by atoms with Crippen molar-refractivity contribution in [3.63, 3.8) is 0 Å². The first-order valence-corrected chi connectivity index (χ1v) is 6.51. The maximum absolute atomic E-state index is 5.49. The van der Waals surface area contributed by atoms with E-state index >= 15 is 0 Å². The maximum atomic E-state index is 5.49. The molecule has 2 rings (SSSR count). The molecule has 2 aromatic rings. The zero-order valence-corrected chi connectivity index (χ0v) is 11.8. The van der Waals surface area contributed by atoms with Gasteiger partial charge in [0.25, 0.3) is 0 Å². The molecule has 2 heterocycles. The molecule has 0 aliphatic rings. The molecule has 2 aromatic heterocycles. The molecular formula is C11H17N5OS. The van der Waals surface area contributed by atoms with Crippen LogP contribution in [0.4, 0.5) is 0 Å². The van der Waals surface area contributed by atoms with Gasteiger partial charge in [-0.1, -0.05) is 16.4 Å². The van der Waals surface area contributed by atoms with Crippen LogP contribution in [0.1, 0.15) is 31.5 Å². The number of H-pyrrole nitrogens is 1. The van der Waals surface area contributed by atoms with Gasteiger partial charge in [0.2, 0.25) is 5.88 Å². The lowest BCUT2D eigenvalue weighted by Crippen LogP contribution is -2.35. The highest BCUT2D eigenvalue weighted by Crippen LogP contribution is 2.23. The minimum absolute atomic E-state index is 0.0615. The number of aromatic amines is 1. The second-order valence-corrected chi connectivity index (χ2v) is 6.08. The number of hydrogen-bond acceptors (Lipinski definition) is 6. The zero-order valence-electron chi connectivity index (χ0n) is 10.9. The van der Waals surface area contributed by atoms with E-state index in [1.807, 2.05) is 13.0 Å². The van der Waals surface area contributed by atoms with E-state index < -0.39 is 0 Å². The SMILES string of the molecule is Cc1cc(Oc2nnc(CNC(C)(C)C)s2)n[nH]1. The molecular weight excluding hydrogens is 250 g/mol. The summed E-state index contributed by atoms with van der Waals surface area (Å²) in [6.07, 6.45) is 0. The molecule has 0 fully saturated rings. The van der Waals surface area contributed by atoms with E-state index in [0.717, 1.165) is 10.7 Å². The highest BCUT2D eigenvalue weighted by Gasteiger charge is 2.12. The third kappa shape index (κ3) is 3.78. The van der Waals surface area contributed by atoms with Gasteiger partial charge in [-0.05, 0) is 27.7 Å². The van der Waals surface area contributed by atoms with Crippen molar-refractivity contribution in [1.29, 1.82) is 0 Å². The summed E-state index contributed by atoms with van der Waals surface area (Å²) in [6, 6.07) is 1.81. The molecule has 0 amide bonds. The van der Waals surface area contributed by atoms with Crippen LogP contribution in [0.3, 0.4) is 0 Å². The topological polar surface area (TPSA) is 75.7 Å². The lowest BCUT2D eigenvalue weighted by atomic mass is 10.1. The van der Waals surface area contributed by atoms with E-state index in [9.17, 15) is 0 Å². The van der Waals surface area contributed by atoms with Gasteiger partial charge in [0.15, 0.2) is 0 Å². The fraction of sp³-hybridized carbons (Fsp3) is 0.545. The van der Waals surface area contributed by atoms with Crippen LogP contribution >= 0.6 is 11.3 Å². The first-order valence-electron chi connectivity index (χ1n) is 5.70. The fourth-order valence-corrected chi connectivity index (χ4v) is 1.86. The Balaban J connectivity index is 1.94. The van der Waals surface area contributed by atoms with Crippen LogP contribution in [0.15, 0.2) is 6.07 Å². The lowest BCUT2D eigenvalue weighted by molar-refractivity contribution is 0.422. The average molecular weight is 267 g/mol. The number of nitrogens with one attached hydrogen (secondary N) is 2. The van der Waals surface area contributed by atoms with Crippen LogP contribution < -0.4 is 10.1 Å². The molecule has 0 saturated carbocycles. The fourth-order valence-electron chi connectivity index (χ4n) is 1.23. The Labute approximate surface area is 110 Å². The first-order chi connectivity index (χ1) is 8.42. The third-order valence-electron chi connectivity index (χ3n) is 2.09. The van der Waals surface area contributed by atoms with Gasteiger partial charge in [-0.15, -0.1) is 10.2 Å². The van der Waals surface area contributed by atoms with Crippen LogP contribution in [-0.4, -0.2) is 25.9 Å². The van der Waals surface area contributed by atoms with E-state index in [4.69, 9.17) is 4.74 Å². The van der Waals surface area contributed by atoms with Crippen molar-refractivity contribution in [2.75, 3.05) is 0 Å². The Morgan fingerprint density at radius 3 is 2.78 bits per heavy atom. The van der Waals surface area contributed by atoms with Gasteiger partial charge in [-0.25, -0.2) is 0 Å². The van der Waals surface area contributed by atoms with Crippen molar-refractivity contribution in [3.8, 4) is 11.1 Å². The van der Waals surface area contributed by atoms with Crippen molar-refractivity contribution in [1.82, 2.24) is 25.7 Å². The summed E-state index contributed by atoms with van der Waals surface area (Å²) in [7, 11) is 0. The predicted octanol–water partition coefficient (Wildman–Crippen LogP) is 2.25. The summed E-state index contributed by atoms with van der Waals surface area (Å²) in [6.45, 7) is 8.93. The third-order valence-corrected chi connectivity index (χ3v) is 2.89. The van der Waals surface area contributed by atoms with Crippen molar-refractivity contribution in [3.05, 3.63) is 16.8 Å². The number of nitrogens with zero attached hydrogens (tertiary/aromatic N) is 3. The monoisotopic (exact) mass is 267 g/mol. The number of rotatable bonds is 4. The van der Waals surface area contributed by atoms with Gasteiger partial charge in [0.1, 0.15) is 5.01 Å². The molecule has 98 valence electrons. The highest BCUT2D eigenvalue weighted by atomic mass is 32.1. The highest BCUT2D eigenvalue weighted by molar-refractivity contribution is 7.13. The maximum Gasteiger partial charge on any atom is 0.300 e. The summed E-state index contributed by atoms with van der Waals surface area (Å²) in [5.74, 6) is 0.513. The Bertz CT molecular complexity index is 513. The Kier molecular flexibility index (Phi) is 3.63. The van der Waals surface area contributed by atoms with Crippen molar-refractivity contribution < 1.29 is 4.74 Å². The molecule has 6 nitrogen and oxygen atoms in total. The standard InChI is InChI=1S/C11H17N5OS/c1-7-5-8(14-13-7)17-10-16-15-9(18-10)6-12-11(2,3)4/h5,12H,6H2,1-4H3,(H,13,14). The molecule has 2 N–H and O–H groups in total. The first kappa shape index (κ1) is 13.0. The lowest BCUT2D eigenvalue weighted by Gasteiger charge is -2.19. The molecule has 0 radical (unpaired) electrons. The van der Waals surface area contributed by atoms with E-state index in [-0.39, 0.29) is 5.54 Å². The van der Waals surface area contributed by atoms with Crippen molar-refractivity contribution >= 4 is 11.3 Å². The summed E-state index contributed by atoms with van der Waals surface area (Å²) in [5.41, 5.74) is 1.01. The molecule has 0 atom stereocenters. The van der Waals surface area contributed by atoms with Crippen molar-refractivity contribution in [2.45, 2.75) is 39.8 Å². The second kappa shape index (κ2) is 5.03. The molecule has 0 spiro atoms.